The Morgan fingerprint density at radius 3 is 2.09 bits per heavy atom. The number of pyridine rings is 1. The Balaban J connectivity index is 1.58. The third kappa shape index (κ3) is 4.59. The molecule has 2 aromatic heterocycles. The van der Waals surface area contributed by atoms with Crippen molar-refractivity contribution in [2.75, 3.05) is 18.1 Å². The van der Waals surface area contributed by atoms with Gasteiger partial charge in [0, 0.05) is 29.5 Å². The second-order valence-corrected chi connectivity index (χ2v) is 8.54. The van der Waals surface area contributed by atoms with Crippen LogP contribution in [0, 0.1) is 0 Å². The fraction of sp³-hybridized carbons (Fsp3) is 0.214. The van der Waals surface area contributed by atoms with Gasteiger partial charge in [-0.1, -0.05) is 6.07 Å². The number of ether oxygens (including phenoxy) is 2. The number of rotatable bonds is 8. The molecule has 1 fully saturated rings. The van der Waals surface area contributed by atoms with Crippen molar-refractivity contribution in [1.82, 2.24) is 14.9 Å². The Bertz CT molecular complexity index is 1270. The van der Waals surface area contributed by atoms with Crippen LogP contribution in [0.4, 0.5) is 5.69 Å². The zero-order valence-corrected chi connectivity index (χ0v) is 20.6. The minimum atomic E-state index is -0.119. The van der Waals surface area contributed by atoms with E-state index in [0.29, 0.717) is 18.3 Å². The molecule has 178 valence electrons. The molecule has 4 aromatic rings. The fourth-order valence-electron chi connectivity index (χ4n) is 4.54. The lowest BCUT2D eigenvalue weighted by molar-refractivity contribution is 0.340. The van der Waals surface area contributed by atoms with Gasteiger partial charge in [0.05, 0.1) is 24.9 Å². The molecule has 0 radical (unpaired) electrons. The van der Waals surface area contributed by atoms with Crippen LogP contribution in [0.5, 0.6) is 11.5 Å². The van der Waals surface area contributed by atoms with Crippen LogP contribution < -0.4 is 19.7 Å². The summed E-state index contributed by atoms with van der Waals surface area (Å²) in [6.45, 7) is 5.24. The molecule has 2 aromatic carbocycles. The highest BCUT2D eigenvalue weighted by Gasteiger charge is 2.42. The van der Waals surface area contributed by atoms with Crippen LogP contribution in [0.3, 0.4) is 0 Å². The number of nitrogens with zero attached hydrogens (tertiary/aromatic N) is 3. The summed E-state index contributed by atoms with van der Waals surface area (Å²) in [4.78, 5) is 6.83. The van der Waals surface area contributed by atoms with E-state index in [1.54, 1.807) is 0 Å². The number of nitrogens with one attached hydrogen (secondary N) is 1. The lowest BCUT2D eigenvalue weighted by atomic mass is 10.0. The normalized spacial score (nSPS) is 17.3. The summed E-state index contributed by atoms with van der Waals surface area (Å²) in [7, 11) is 0. The molecule has 1 aliphatic rings. The summed E-state index contributed by atoms with van der Waals surface area (Å²) in [6, 6.07) is 26.2. The molecule has 0 saturated carbocycles. The quantitative estimate of drug-likeness (QED) is 0.317. The van der Waals surface area contributed by atoms with Gasteiger partial charge >= 0.3 is 0 Å². The topological polar surface area (TPSA) is 51.5 Å². The van der Waals surface area contributed by atoms with E-state index in [9.17, 15) is 0 Å². The number of thiocarbonyl (C=S) groups is 1. The first-order valence-electron chi connectivity index (χ1n) is 11.8. The predicted molar refractivity (Wildman–Crippen MR) is 142 cm³/mol. The summed E-state index contributed by atoms with van der Waals surface area (Å²) in [5, 5.41) is 4.19. The average molecular weight is 485 g/mol. The van der Waals surface area contributed by atoms with Crippen LogP contribution in [0.25, 0.3) is 5.69 Å². The van der Waals surface area contributed by atoms with E-state index < -0.39 is 0 Å². The number of hydrogen-bond donors (Lipinski definition) is 1. The van der Waals surface area contributed by atoms with Gasteiger partial charge in [-0.15, -0.1) is 0 Å². The zero-order valence-electron chi connectivity index (χ0n) is 19.8. The van der Waals surface area contributed by atoms with Gasteiger partial charge in [0.1, 0.15) is 17.5 Å². The van der Waals surface area contributed by atoms with E-state index in [1.165, 1.54) is 0 Å². The molecular formula is C28H28N4O2S. The lowest BCUT2D eigenvalue weighted by Crippen LogP contribution is -2.30. The maximum absolute atomic E-state index is 5.87. The van der Waals surface area contributed by atoms with Crippen LogP contribution in [0.2, 0.25) is 0 Å². The van der Waals surface area contributed by atoms with Gasteiger partial charge in [-0.2, -0.15) is 0 Å². The first kappa shape index (κ1) is 22.9. The van der Waals surface area contributed by atoms with Crippen molar-refractivity contribution in [2.24, 2.45) is 0 Å². The monoisotopic (exact) mass is 484 g/mol. The molecule has 0 amide bonds. The van der Waals surface area contributed by atoms with E-state index in [4.69, 9.17) is 21.7 Å². The molecule has 0 spiro atoms. The maximum atomic E-state index is 5.87. The summed E-state index contributed by atoms with van der Waals surface area (Å²) < 4.78 is 13.5. The van der Waals surface area contributed by atoms with Crippen LogP contribution in [-0.4, -0.2) is 27.9 Å². The summed E-state index contributed by atoms with van der Waals surface area (Å²) in [5.41, 5.74) is 4.09. The first-order valence-corrected chi connectivity index (χ1v) is 12.2. The fourth-order valence-corrected chi connectivity index (χ4v) is 4.89. The van der Waals surface area contributed by atoms with Crippen molar-refractivity contribution in [2.45, 2.75) is 25.9 Å². The molecule has 1 N–H and O–H groups in total. The Hall–Kier alpha value is -3.84. The molecular weight excluding hydrogens is 456 g/mol. The predicted octanol–water partition coefficient (Wildman–Crippen LogP) is 5.85. The van der Waals surface area contributed by atoms with E-state index in [0.717, 1.165) is 34.3 Å². The summed E-state index contributed by atoms with van der Waals surface area (Å²) >= 11 is 5.87. The Kier molecular flexibility index (Phi) is 6.68. The molecule has 0 unspecified atom stereocenters. The van der Waals surface area contributed by atoms with Gasteiger partial charge in [0.15, 0.2) is 5.11 Å². The molecule has 7 heteroatoms. The first-order chi connectivity index (χ1) is 17.2. The van der Waals surface area contributed by atoms with E-state index >= 15 is 0 Å². The SMILES string of the molecule is CCOc1ccc(N2C(=S)N[C@@H](c3ccccn3)[C@H]2c2cccn2-c2ccc(OCC)cc2)cc1. The number of anilines is 1. The van der Waals surface area contributed by atoms with Crippen LogP contribution >= 0.6 is 12.2 Å². The van der Waals surface area contributed by atoms with Gasteiger partial charge in [0.25, 0.3) is 0 Å². The molecule has 2 atom stereocenters. The zero-order chi connectivity index (χ0) is 24.2. The Morgan fingerprint density at radius 2 is 1.49 bits per heavy atom. The van der Waals surface area contributed by atoms with Crippen LogP contribution in [0.1, 0.15) is 37.3 Å². The van der Waals surface area contributed by atoms with Crippen molar-refractivity contribution in [3.8, 4) is 17.2 Å². The second-order valence-electron chi connectivity index (χ2n) is 8.15. The molecule has 0 bridgehead atoms. The summed E-state index contributed by atoms with van der Waals surface area (Å²) in [5.74, 6) is 1.70. The number of benzene rings is 2. The third-order valence-electron chi connectivity index (χ3n) is 6.03. The largest absolute Gasteiger partial charge is 0.494 e. The minimum Gasteiger partial charge on any atom is -0.494 e. The average Bonchev–Trinajstić information content (AvgIpc) is 3.50. The third-order valence-corrected chi connectivity index (χ3v) is 6.35. The maximum Gasteiger partial charge on any atom is 0.174 e. The lowest BCUT2D eigenvalue weighted by Gasteiger charge is -2.29. The Morgan fingerprint density at radius 1 is 0.829 bits per heavy atom. The highest BCUT2D eigenvalue weighted by Crippen LogP contribution is 2.42. The molecule has 1 saturated heterocycles. The number of hydrogen-bond acceptors (Lipinski definition) is 4. The van der Waals surface area contributed by atoms with Crippen LogP contribution in [0.15, 0.2) is 91.3 Å². The van der Waals surface area contributed by atoms with Gasteiger partial charge in [-0.3, -0.25) is 4.98 Å². The minimum absolute atomic E-state index is 0.114. The molecule has 5 rings (SSSR count). The van der Waals surface area contributed by atoms with E-state index in [2.05, 4.69) is 62.4 Å². The summed E-state index contributed by atoms with van der Waals surface area (Å²) in [6.07, 6.45) is 3.90. The molecule has 1 aliphatic heterocycles. The van der Waals surface area contributed by atoms with Gasteiger partial charge in [-0.25, -0.2) is 0 Å². The highest BCUT2D eigenvalue weighted by atomic mass is 32.1. The van der Waals surface area contributed by atoms with Crippen molar-refractivity contribution < 1.29 is 9.47 Å². The van der Waals surface area contributed by atoms with Crippen LogP contribution in [-0.2, 0) is 0 Å². The van der Waals surface area contributed by atoms with Gasteiger partial charge in [0.2, 0.25) is 0 Å². The molecule has 3 heterocycles. The Labute approximate surface area is 211 Å². The van der Waals surface area contributed by atoms with Gasteiger partial charge in [-0.05, 0) is 98.9 Å². The number of aromatic nitrogens is 2. The standard InChI is InChI=1S/C28H28N4O2S/c1-3-33-22-14-10-20(11-15-22)31-19-7-9-25(31)27-26(24-8-5-6-18-29-24)30-28(35)32(27)21-12-16-23(17-13-21)34-4-2/h5-19,26-27H,3-4H2,1-2H3,(H,30,35)/t26-,27+/m0/s1. The molecule has 35 heavy (non-hydrogen) atoms. The van der Waals surface area contributed by atoms with Crippen molar-refractivity contribution in [3.63, 3.8) is 0 Å². The van der Waals surface area contributed by atoms with Crippen molar-refractivity contribution >= 4 is 23.0 Å². The molecule has 6 nitrogen and oxygen atoms in total. The second kappa shape index (κ2) is 10.2. The van der Waals surface area contributed by atoms with Gasteiger partial charge < -0.3 is 24.3 Å². The highest BCUT2D eigenvalue weighted by molar-refractivity contribution is 7.80. The smallest absolute Gasteiger partial charge is 0.174 e. The van der Waals surface area contributed by atoms with E-state index in [1.807, 2.05) is 62.5 Å². The molecule has 0 aliphatic carbocycles. The van der Waals surface area contributed by atoms with Crippen molar-refractivity contribution in [3.05, 3.63) is 103 Å². The van der Waals surface area contributed by atoms with Crippen molar-refractivity contribution in [1.29, 1.82) is 0 Å². The van der Waals surface area contributed by atoms with E-state index in [-0.39, 0.29) is 12.1 Å².